The van der Waals surface area contributed by atoms with Gasteiger partial charge < -0.3 is 15.0 Å². The van der Waals surface area contributed by atoms with Crippen molar-refractivity contribution in [3.05, 3.63) is 34.3 Å². The zero-order chi connectivity index (χ0) is 14.7. The highest BCUT2D eigenvalue weighted by molar-refractivity contribution is 14.0. The highest BCUT2D eigenvalue weighted by atomic mass is 127. The number of rotatable bonds is 2. The average Bonchev–Trinajstić information content (AvgIpc) is 3.12. The molecule has 2 aliphatic heterocycles. The summed E-state index contributed by atoms with van der Waals surface area (Å²) in [4.78, 5) is 6.81. The first-order valence-electron chi connectivity index (χ1n) is 7.49. The molecule has 0 aromatic heterocycles. The van der Waals surface area contributed by atoms with E-state index in [1.165, 1.54) is 18.4 Å². The Morgan fingerprint density at radius 1 is 1.41 bits per heavy atom. The minimum atomic E-state index is 0. The lowest BCUT2D eigenvalue weighted by atomic mass is 9.87. The maximum atomic E-state index is 5.60. The van der Waals surface area contributed by atoms with E-state index in [4.69, 9.17) is 4.74 Å². The Morgan fingerprint density at radius 2 is 2.23 bits per heavy atom. The molecule has 3 rings (SSSR count). The van der Waals surface area contributed by atoms with E-state index in [1.807, 2.05) is 13.1 Å². The smallest absolute Gasteiger partial charge is 0.193 e. The fourth-order valence-corrected chi connectivity index (χ4v) is 3.66. The van der Waals surface area contributed by atoms with Gasteiger partial charge in [-0.25, -0.2) is 0 Å². The van der Waals surface area contributed by atoms with Crippen molar-refractivity contribution < 1.29 is 4.74 Å². The molecule has 4 nitrogen and oxygen atoms in total. The second-order valence-corrected chi connectivity index (χ2v) is 6.82. The predicted molar refractivity (Wildman–Crippen MR) is 104 cm³/mol. The molecule has 122 valence electrons. The van der Waals surface area contributed by atoms with Gasteiger partial charge >= 0.3 is 0 Å². The van der Waals surface area contributed by atoms with Crippen LogP contribution in [-0.4, -0.2) is 44.2 Å². The molecule has 0 radical (unpaired) electrons. The predicted octanol–water partition coefficient (Wildman–Crippen LogP) is 3.25. The van der Waals surface area contributed by atoms with E-state index in [0.29, 0.717) is 5.41 Å². The zero-order valence-corrected chi connectivity index (χ0v) is 16.8. The van der Waals surface area contributed by atoms with Gasteiger partial charge in [0.2, 0.25) is 0 Å². The molecule has 0 aliphatic carbocycles. The van der Waals surface area contributed by atoms with Gasteiger partial charge in [-0.1, -0.05) is 34.1 Å². The van der Waals surface area contributed by atoms with E-state index in [2.05, 4.69) is 49.3 Å². The van der Waals surface area contributed by atoms with Crippen LogP contribution in [0.25, 0.3) is 0 Å². The van der Waals surface area contributed by atoms with Crippen LogP contribution in [0.2, 0.25) is 0 Å². The van der Waals surface area contributed by atoms with Crippen LogP contribution in [0.1, 0.15) is 18.4 Å². The standard InChI is InChI=1S/C16H22BrN3O.HI/c1-18-15(19-10-13-4-2-3-5-14(13)17)20-8-6-16(11-20)7-9-21-12-16;/h2-5H,6-12H2,1H3,(H,18,19);1H. The van der Waals surface area contributed by atoms with Crippen LogP contribution in [0.5, 0.6) is 0 Å². The summed E-state index contributed by atoms with van der Waals surface area (Å²) in [6, 6.07) is 8.29. The summed E-state index contributed by atoms with van der Waals surface area (Å²) in [5.41, 5.74) is 1.61. The highest BCUT2D eigenvalue weighted by Crippen LogP contribution is 2.38. The Kier molecular flexibility index (Phi) is 6.52. The Balaban J connectivity index is 0.00000176. The summed E-state index contributed by atoms with van der Waals surface area (Å²) >= 11 is 3.59. The normalized spacial score (nSPS) is 24.6. The molecular weight excluding hydrogens is 457 g/mol. The van der Waals surface area contributed by atoms with Crippen molar-refractivity contribution >= 4 is 45.9 Å². The molecule has 1 N–H and O–H groups in total. The van der Waals surface area contributed by atoms with Crippen LogP contribution in [0.3, 0.4) is 0 Å². The number of aliphatic imine (C=N–C) groups is 1. The number of nitrogens with one attached hydrogen (secondary N) is 1. The molecule has 1 spiro atoms. The average molecular weight is 480 g/mol. The fraction of sp³-hybridized carbons (Fsp3) is 0.562. The summed E-state index contributed by atoms with van der Waals surface area (Å²) < 4.78 is 6.73. The minimum absolute atomic E-state index is 0. The van der Waals surface area contributed by atoms with Crippen LogP contribution in [0.15, 0.2) is 33.7 Å². The zero-order valence-electron chi connectivity index (χ0n) is 12.8. The second-order valence-electron chi connectivity index (χ2n) is 5.97. The summed E-state index contributed by atoms with van der Waals surface area (Å²) in [5, 5.41) is 3.48. The highest BCUT2D eigenvalue weighted by Gasteiger charge is 2.42. The molecule has 1 unspecified atom stereocenters. The first kappa shape index (κ1) is 18.0. The third-order valence-electron chi connectivity index (χ3n) is 4.53. The lowest BCUT2D eigenvalue weighted by Gasteiger charge is -2.25. The van der Waals surface area contributed by atoms with Gasteiger partial charge in [0.25, 0.3) is 0 Å². The van der Waals surface area contributed by atoms with Gasteiger partial charge in [-0.3, -0.25) is 4.99 Å². The minimum Gasteiger partial charge on any atom is -0.381 e. The Bertz CT molecular complexity index is 532. The molecular formula is C16H23BrIN3O. The van der Waals surface area contributed by atoms with Crippen LogP contribution in [0, 0.1) is 5.41 Å². The Hall–Kier alpha value is -0.340. The molecule has 2 heterocycles. The van der Waals surface area contributed by atoms with Crippen molar-refractivity contribution in [1.29, 1.82) is 0 Å². The molecule has 1 aromatic carbocycles. The van der Waals surface area contributed by atoms with Crippen molar-refractivity contribution in [2.75, 3.05) is 33.4 Å². The number of hydrogen-bond acceptors (Lipinski definition) is 2. The molecule has 1 atom stereocenters. The van der Waals surface area contributed by atoms with Gasteiger partial charge in [0.15, 0.2) is 5.96 Å². The summed E-state index contributed by atoms with van der Waals surface area (Å²) in [7, 11) is 1.86. The van der Waals surface area contributed by atoms with E-state index in [9.17, 15) is 0 Å². The third kappa shape index (κ3) is 3.94. The Labute approximate surface area is 157 Å². The van der Waals surface area contributed by atoms with Crippen molar-refractivity contribution in [3.63, 3.8) is 0 Å². The first-order valence-corrected chi connectivity index (χ1v) is 8.28. The van der Waals surface area contributed by atoms with Crippen LogP contribution in [-0.2, 0) is 11.3 Å². The SMILES string of the molecule is CN=C(NCc1ccccc1Br)N1CCC2(CCOC2)C1.I. The van der Waals surface area contributed by atoms with Crippen LogP contribution >= 0.6 is 39.9 Å². The number of hydrogen-bond donors (Lipinski definition) is 1. The van der Waals surface area contributed by atoms with Gasteiger partial charge in [0, 0.05) is 43.2 Å². The van der Waals surface area contributed by atoms with Gasteiger partial charge in [-0.05, 0) is 24.5 Å². The van der Waals surface area contributed by atoms with Gasteiger partial charge in [0.05, 0.1) is 6.61 Å². The first-order chi connectivity index (χ1) is 10.2. The number of ether oxygens (including phenoxy) is 1. The summed E-state index contributed by atoms with van der Waals surface area (Å²) in [5.74, 6) is 0.995. The molecule has 2 aliphatic rings. The monoisotopic (exact) mass is 479 g/mol. The van der Waals surface area contributed by atoms with Gasteiger partial charge in [-0.15, -0.1) is 24.0 Å². The molecule has 0 bridgehead atoms. The van der Waals surface area contributed by atoms with Crippen molar-refractivity contribution in [1.82, 2.24) is 10.2 Å². The summed E-state index contributed by atoms with van der Waals surface area (Å²) in [6.07, 6.45) is 2.40. The van der Waals surface area contributed by atoms with E-state index in [-0.39, 0.29) is 24.0 Å². The molecule has 2 fully saturated rings. The van der Waals surface area contributed by atoms with Crippen LogP contribution < -0.4 is 5.32 Å². The van der Waals surface area contributed by atoms with Crippen molar-refractivity contribution in [3.8, 4) is 0 Å². The van der Waals surface area contributed by atoms with E-state index in [0.717, 1.165) is 43.3 Å². The van der Waals surface area contributed by atoms with Gasteiger partial charge in [-0.2, -0.15) is 0 Å². The Morgan fingerprint density at radius 3 is 2.91 bits per heavy atom. The van der Waals surface area contributed by atoms with Crippen molar-refractivity contribution in [2.24, 2.45) is 10.4 Å². The third-order valence-corrected chi connectivity index (χ3v) is 5.30. The van der Waals surface area contributed by atoms with Crippen LogP contribution in [0.4, 0.5) is 0 Å². The number of benzene rings is 1. The molecule has 2 saturated heterocycles. The van der Waals surface area contributed by atoms with Crippen molar-refractivity contribution in [2.45, 2.75) is 19.4 Å². The van der Waals surface area contributed by atoms with Gasteiger partial charge in [0.1, 0.15) is 0 Å². The molecule has 1 aromatic rings. The number of nitrogens with zero attached hydrogens (tertiary/aromatic N) is 2. The second kappa shape index (κ2) is 7.97. The molecule has 0 amide bonds. The maximum Gasteiger partial charge on any atom is 0.193 e. The van der Waals surface area contributed by atoms with E-state index < -0.39 is 0 Å². The molecule has 6 heteroatoms. The lowest BCUT2D eigenvalue weighted by molar-refractivity contribution is 0.156. The fourth-order valence-electron chi connectivity index (χ4n) is 3.24. The topological polar surface area (TPSA) is 36.9 Å². The quantitative estimate of drug-likeness (QED) is 0.402. The van der Waals surface area contributed by atoms with E-state index >= 15 is 0 Å². The lowest BCUT2D eigenvalue weighted by Crippen LogP contribution is -2.41. The molecule has 0 saturated carbocycles. The largest absolute Gasteiger partial charge is 0.381 e. The number of halogens is 2. The molecule has 22 heavy (non-hydrogen) atoms. The summed E-state index contributed by atoms with van der Waals surface area (Å²) in [6.45, 7) is 4.73. The van der Waals surface area contributed by atoms with E-state index in [1.54, 1.807) is 0 Å². The number of likely N-dealkylation sites (tertiary alicyclic amines) is 1. The number of guanidine groups is 1. The maximum absolute atomic E-state index is 5.60.